The summed E-state index contributed by atoms with van der Waals surface area (Å²) in [6.45, 7) is 5.48. The first-order valence-corrected chi connectivity index (χ1v) is 7.87. The zero-order valence-corrected chi connectivity index (χ0v) is 12.9. The van der Waals surface area contributed by atoms with Crippen LogP contribution in [0, 0.1) is 11.2 Å². The smallest absolute Gasteiger partial charge is 0.129 e. The van der Waals surface area contributed by atoms with Gasteiger partial charge in [0, 0.05) is 48.8 Å². The average molecular weight is 314 g/mol. The molecular weight excluding hydrogens is 293 g/mol. The van der Waals surface area contributed by atoms with E-state index in [9.17, 15) is 4.39 Å². The van der Waals surface area contributed by atoms with Crippen molar-refractivity contribution in [1.82, 2.24) is 4.90 Å². The van der Waals surface area contributed by atoms with Gasteiger partial charge in [-0.15, -0.1) is 0 Å². The normalized spacial score (nSPS) is 23.1. The fourth-order valence-corrected chi connectivity index (χ4v) is 3.37. The molecule has 116 valence electrons. The van der Waals surface area contributed by atoms with Gasteiger partial charge >= 0.3 is 0 Å². The van der Waals surface area contributed by atoms with Crippen LogP contribution in [0.25, 0.3) is 0 Å². The van der Waals surface area contributed by atoms with Crippen LogP contribution in [0.15, 0.2) is 18.2 Å². The summed E-state index contributed by atoms with van der Waals surface area (Å²) in [5.74, 6) is -0.228. The van der Waals surface area contributed by atoms with Gasteiger partial charge in [0.2, 0.25) is 0 Å². The van der Waals surface area contributed by atoms with E-state index in [-0.39, 0.29) is 11.2 Å². The molecule has 1 aromatic carbocycles. The van der Waals surface area contributed by atoms with E-state index < -0.39 is 0 Å². The molecule has 2 saturated heterocycles. The quantitative estimate of drug-likeness (QED) is 0.837. The number of benzene rings is 1. The highest BCUT2D eigenvalue weighted by molar-refractivity contribution is 6.30. The Morgan fingerprint density at radius 3 is 2.76 bits per heavy atom. The Morgan fingerprint density at radius 1 is 1.19 bits per heavy atom. The molecule has 0 aromatic heterocycles. The Kier molecular flexibility index (Phi) is 4.79. The molecule has 1 aromatic rings. The minimum Gasteiger partial charge on any atom is -0.381 e. The standard InChI is InChI=1S/C16H21ClFNO2/c17-14-2-1-13(15(18)9-14)10-19-5-8-21-12-16(11-19)3-6-20-7-4-16/h1-2,9H,3-8,10-12H2. The zero-order valence-electron chi connectivity index (χ0n) is 12.1. The molecule has 2 fully saturated rings. The minimum absolute atomic E-state index is 0.164. The van der Waals surface area contributed by atoms with Crippen molar-refractivity contribution < 1.29 is 13.9 Å². The number of hydrogen-bond acceptors (Lipinski definition) is 3. The SMILES string of the molecule is Fc1cc(Cl)ccc1CN1CCOCC2(CCOCC2)C1. The van der Waals surface area contributed by atoms with Crippen LogP contribution in [0.1, 0.15) is 18.4 Å². The highest BCUT2D eigenvalue weighted by Gasteiger charge is 2.36. The van der Waals surface area contributed by atoms with Crippen molar-refractivity contribution in [2.45, 2.75) is 19.4 Å². The van der Waals surface area contributed by atoms with Gasteiger partial charge in [-0.2, -0.15) is 0 Å². The van der Waals surface area contributed by atoms with Crippen LogP contribution in [0.4, 0.5) is 4.39 Å². The van der Waals surface area contributed by atoms with Gasteiger partial charge in [-0.3, -0.25) is 4.90 Å². The highest BCUT2D eigenvalue weighted by Crippen LogP contribution is 2.34. The van der Waals surface area contributed by atoms with Gasteiger partial charge in [0.05, 0.1) is 13.2 Å². The molecule has 5 heteroatoms. The summed E-state index contributed by atoms with van der Waals surface area (Å²) in [7, 11) is 0. The molecule has 0 aliphatic carbocycles. The molecule has 2 aliphatic rings. The summed E-state index contributed by atoms with van der Waals surface area (Å²) >= 11 is 5.81. The largest absolute Gasteiger partial charge is 0.381 e. The van der Waals surface area contributed by atoms with E-state index in [2.05, 4.69) is 4.90 Å². The first-order valence-electron chi connectivity index (χ1n) is 7.49. The van der Waals surface area contributed by atoms with E-state index in [1.807, 2.05) is 0 Å². The van der Waals surface area contributed by atoms with Crippen LogP contribution in [0.3, 0.4) is 0 Å². The number of hydrogen-bond donors (Lipinski definition) is 0. The van der Waals surface area contributed by atoms with E-state index in [4.69, 9.17) is 21.1 Å². The topological polar surface area (TPSA) is 21.7 Å². The maximum absolute atomic E-state index is 14.0. The lowest BCUT2D eigenvalue weighted by Crippen LogP contribution is -2.42. The van der Waals surface area contributed by atoms with Crippen molar-refractivity contribution in [1.29, 1.82) is 0 Å². The maximum atomic E-state index is 14.0. The molecule has 0 saturated carbocycles. The Labute approximate surface area is 130 Å². The molecule has 0 N–H and O–H groups in total. The molecule has 0 atom stereocenters. The van der Waals surface area contributed by atoms with Gasteiger partial charge < -0.3 is 9.47 Å². The zero-order chi connectivity index (χ0) is 14.7. The van der Waals surface area contributed by atoms with Gasteiger partial charge in [0.15, 0.2) is 0 Å². The molecular formula is C16H21ClFNO2. The predicted octanol–water partition coefficient (Wildman–Crippen LogP) is 3.11. The second-order valence-corrected chi connectivity index (χ2v) is 6.55. The van der Waals surface area contributed by atoms with E-state index >= 15 is 0 Å². The molecule has 2 heterocycles. The number of halogens is 2. The summed E-state index contributed by atoms with van der Waals surface area (Å²) < 4.78 is 25.2. The lowest BCUT2D eigenvalue weighted by atomic mass is 9.80. The third-order valence-electron chi connectivity index (χ3n) is 4.48. The predicted molar refractivity (Wildman–Crippen MR) is 80.0 cm³/mol. The Balaban J connectivity index is 1.71. The second kappa shape index (κ2) is 6.61. The fraction of sp³-hybridized carbons (Fsp3) is 0.625. The van der Waals surface area contributed by atoms with E-state index in [1.54, 1.807) is 12.1 Å². The lowest BCUT2D eigenvalue weighted by molar-refractivity contribution is -0.0320. The Hall–Kier alpha value is -0.680. The molecule has 0 bridgehead atoms. The number of rotatable bonds is 2. The fourth-order valence-electron chi connectivity index (χ4n) is 3.21. The number of ether oxygens (including phenoxy) is 2. The summed E-state index contributed by atoms with van der Waals surface area (Å²) in [6.07, 6.45) is 2.04. The molecule has 0 radical (unpaired) electrons. The Morgan fingerprint density at radius 2 is 2.00 bits per heavy atom. The van der Waals surface area contributed by atoms with Crippen molar-refractivity contribution in [3.63, 3.8) is 0 Å². The Bertz CT molecular complexity index is 491. The van der Waals surface area contributed by atoms with Crippen LogP contribution >= 0.6 is 11.6 Å². The third-order valence-corrected chi connectivity index (χ3v) is 4.72. The van der Waals surface area contributed by atoms with E-state index in [0.717, 1.165) is 45.8 Å². The molecule has 2 aliphatic heterocycles. The van der Waals surface area contributed by atoms with Gasteiger partial charge in [-0.1, -0.05) is 17.7 Å². The minimum atomic E-state index is -0.228. The summed E-state index contributed by atoms with van der Waals surface area (Å²) in [6, 6.07) is 4.91. The lowest BCUT2D eigenvalue weighted by Gasteiger charge is -2.38. The van der Waals surface area contributed by atoms with Crippen LogP contribution in [-0.2, 0) is 16.0 Å². The van der Waals surface area contributed by atoms with E-state index in [1.165, 1.54) is 6.07 Å². The van der Waals surface area contributed by atoms with Crippen molar-refractivity contribution in [2.24, 2.45) is 5.41 Å². The van der Waals surface area contributed by atoms with Crippen molar-refractivity contribution >= 4 is 11.6 Å². The monoisotopic (exact) mass is 313 g/mol. The van der Waals surface area contributed by atoms with Crippen molar-refractivity contribution in [2.75, 3.05) is 39.5 Å². The average Bonchev–Trinajstić information content (AvgIpc) is 2.65. The first-order chi connectivity index (χ1) is 10.2. The molecule has 3 nitrogen and oxygen atoms in total. The van der Waals surface area contributed by atoms with Gasteiger partial charge in [-0.05, 0) is 25.0 Å². The molecule has 3 rings (SSSR count). The highest BCUT2D eigenvalue weighted by atomic mass is 35.5. The molecule has 0 unspecified atom stereocenters. The second-order valence-electron chi connectivity index (χ2n) is 6.11. The maximum Gasteiger partial charge on any atom is 0.129 e. The van der Waals surface area contributed by atoms with Gasteiger partial charge in [-0.25, -0.2) is 4.39 Å². The summed E-state index contributed by atoms with van der Waals surface area (Å²) in [5, 5.41) is 0.441. The molecule has 21 heavy (non-hydrogen) atoms. The van der Waals surface area contributed by atoms with Gasteiger partial charge in [0.1, 0.15) is 5.82 Å². The van der Waals surface area contributed by atoms with Crippen LogP contribution < -0.4 is 0 Å². The van der Waals surface area contributed by atoms with Crippen LogP contribution in [-0.4, -0.2) is 44.4 Å². The first kappa shape index (κ1) is 15.2. The van der Waals surface area contributed by atoms with Crippen molar-refractivity contribution in [3.8, 4) is 0 Å². The molecule has 0 amide bonds. The summed E-state index contributed by atoms with van der Waals surface area (Å²) in [4.78, 5) is 2.30. The molecule has 1 spiro atoms. The van der Waals surface area contributed by atoms with Gasteiger partial charge in [0.25, 0.3) is 0 Å². The van der Waals surface area contributed by atoms with Crippen LogP contribution in [0.2, 0.25) is 5.02 Å². The van der Waals surface area contributed by atoms with E-state index in [0.29, 0.717) is 23.7 Å². The van der Waals surface area contributed by atoms with Crippen molar-refractivity contribution in [3.05, 3.63) is 34.6 Å². The number of nitrogens with zero attached hydrogens (tertiary/aromatic N) is 1. The summed E-state index contributed by atoms with van der Waals surface area (Å²) in [5.41, 5.74) is 0.862. The van der Waals surface area contributed by atoms with Crippen LogP contribution in [0.5, 0.6) is 0 Å². The third kappa shape index (κ3) is 3.75.